The number of aromatic nitrogens is 2. The second kappa shape index (κ2) is 7.07. The van der Waals surface area contributed by atoms with Crippen molar-refractivity contribution in [3.8, 4) is 0 Å². The number of hydrogen-bond donors (Lipinski definition) is 1. The van der Waals surface area contributed by atoms with Gasteiger partial charge in [-0.1, -0.05) is 45.4 Å². The number of anilines is 2. The van der Waals surface area contributed by atoms with E-state index in [1.807, 2.05) is 44.2 Å². The number of benzene rings is 1. The average Bonchev–Trinajstić information content (AvgIpc) is 2.48. The van der Waals surface area contributed by atoms with Gasteiger partial charge in [-0.05, 0) is 18.6 Å². The van der Waals surface area contributed by atoms with Crippen LogP contribution in [-0.4, -0.2) is 16.5 Å². The SMILES string of the molecule is CCCCN(c1ccccc1)c1cc(=O)[nH]c(C(C)C)n1. The Hall–Kier alpha value is -2.10. The lowest BCUT2D eigenvalue weighted by atomic mass is 10.2. The summed E-state index contributed by atoms with van der Waals surface area (Å²) in [5.74, 6) is 1.65. The minimum atomic E-state index is -0.0962. The van der Waals surface area contributed by atoms with Crippen molar-refractivity contribution in [2.24, 2.45) is 0 Å². The highest BCUT2D eigenvalue weighted by Gasteiger charge is 2.13. The molecule has 112 valence electrons. The highest BCUT2D eigenvalue weighted by molar-refractivity contribution is 5.59. The van der Waals surface area contributed by atoms with Crippen LogP contribution in [0.2, 0.25) is 0 Å². The van der Waals surface area contributed by atoms with Gasteiger partial charge in [0.1, 0.15) is 11.6 Å². The zero-order valence-electron chi connectivity index (χ0n) is 13.0. The molecule has 2 rings (SSSR count). The van der Waals surface area contributed by atoms with Gasteiger partial charge in [0.25, 0.3) is 5.56 Å². The van der Waals surface area contributed by atoms with Crippen molar-refractivity contribution in [2.45, 2.75) is 39.5 Å². The summed E-state index contributed by atoms with van der Waals surface area (Å²) in [5, 5.41) is 0. The van der Waals surface area contributed by atoms with Crippen LogP contribution in [0.15, 0.2) is 41.2 Å². The smallest absolute Gasteiger partial charge is 0.253 e. The first-order valence-corrected chi connectivity index (χ1v) is 7.55. The summed E-state index contributed by atoms with van der Waals surface area (Å²) in [6.45, 7) is 7.07. The van der Waals surface area contributed by atoms with Crippen molar-refractivity contribution < 1.29 is 0 Å². The van der Waals surface area contributed by atoms with Gasteiger partial charge in [0.15, 0.2) is 0 Å². The third kappa shape index (κ3) is 3.94. The average molecular weight is 285 g/mol. The van der Waals surface area contributed by atoms with Crippen molar-refractivity contribution in [2.75, 3.05) is 11.4 Å². The topological polar surface area (TPSA) is 49.0 Å². The minimum absolute atomic E-state index is 0.0962. The highest BCUT2D eigenvalue weighted by Crippen LogP contribution is 2.23. The Bertz CT molecular complexity index is 619. The number of rotatable bonds is 6. The fourth-order valence-corrected chi connectivity index (χ4v) is 2.17. The maximum Gasteiger partial charge on any atom is 0.253 e. The summed E-state index contributed by atoms with van der Waals surface area (Å²) < 4.78 is 0. The van der Waals surface area contributed by atoms with E-state index in [0.717, 1.165) is 36.7 Å². The zero-order chi connectivity index (χ0) is 15.2. The number of nitrogens with zero attached hydrogens (tertiary/aromatic N) is 2. The van der Waals surface area contributed by atoms with Crippen molar-refractivity contribution in [3.63, 3.8) is 0 Å². The normalized spacial score (nSPS) is 10.9. The first-order chi connectivity index (χ1) is 10.1. The van der Waals surface area contributed by atoms with E-state index in [1.165, 1.54) is 0 Å². The van der Waals surface area contributed by atoms with Crippen LogP contribution in [-0.2, 0) is 0 Å². The van der Waals surface area contributed by atoms with Crippen LogP contribution in [0.25, 0.3) is 0 Å². The van der Waals surface area contributed by atoms with Crippen molar-refractivity contribution in [3.05, 3.63) is 52.6 Å². The van der Waals surface area contributed by atoms with Gasteiger partial charge >= 0.3 is 0 Å². The molecule has 0 unspecified atom stereocenters. The van der Waals surface area contributed by atoms with Gasteiger partial charge in [-0.3, -0.25) is 4.79 Å². The predicted octanol–water partition coefficient (Wildman–Crippen LogP) is 3.83. The first kappa shape index (κ1) is 15.3. The first-order valence-electron chi connectivity index (χ1n) is 7.55. The van der Waals surface area contributed by atoms with Gasteiger partial charge in [-0.2, -0.15) is 0 Å². The molecule has 2 aromatic rings. The van der Waals surface area contributed by atoms with Crippen LogP contribution in [0, 0.1) is 0 Å². The Balaban J connectivity index is 2.43. The van der Waals surface area contributed by atoms with Crippen LogP contribution < -0.4 is 10.5 Å². The minimum Gasteiger partial charge on any atom is -0.326 e. The Morgan fingerprint density at radius 1 is 1.24 bits per heavy atom. The second-order valence-electron chi connectivity index (χ2n) is 5.48. The molecule has 1 heterocycles. The molecule has 0 spiro atoms. The third-order valence-corrected chi connectivity index (χ3v) is 3.37. The van der Waals surface area contributed by atoms with E-state index in [1.54, 1.807) is 6.07 Å². The number of unbranched alkanes of at least 4 members (excludes halogenated alkanes) is 1. The molecule has 0 bridgehead atoms. The van der Waals surface area contributed by atoms with Gasteiger partial charge in [-0.25, -0.2) is 4.98 Å². The predicted molar refractivity (Wildman–Crippen MR) is 87.3 cm³/mol. The van der Waals surface area contributed by atoms with Gasteiger partial charge in [-0.15, -0.1) is 0 Å². The molecule has 1 aromatic carbocycles. The third-order valence-electron chi connectivity index (χ3n) is 3.37. The summed E-state index contributed by atoms with van der Waals surface area (Å²) >= 11 is 0. The number of aromatic amines is 1. The van der Waals surface area contributed by atoms with Gasteiger partial charge < -0.3 is 9.88 Å². The molecule has 0 saturated carbocycles. The van der Waals surface area contributed by atoms with Crippen molar-refractivity contribution in [1.29, 1.82) is 0 Å². The molecule has 4 heteroatoms. The Morgan fingerprint density at radius 3 is 2.57 bits per heavy atom. The van der Waals surface area contributed by atoms with E-state index in [9.17, 15) is 4.79 Å². The Morgan fingerprint density at radius 2 is 1.95 bits per heavy atom. The number of nitrogens with one attached hydrogen (secondary N) is 1. The summed E-state index contributed by atoms with van der Waals surface area (Å²) in [6.07, 6.45) is 2.16. The van der Waals surface area contributed by atoms with Gasteiger partial charge in [0, 0.05) is 24.2 Å². The zero-order valence-corrected chi connectivity index (χ0v) is 13.0. The molecule has 0 aliphatic carbocycles. The number of para-hydroxylation sites is 1. The van der Waals surface area contributed by atoms with Crippen LogP contribution in [0.3, 0.4) is 0 Å². The fourth-order valence-electron chi connectivity index (χ4n) is 2.17. The van der Waals surface area contributed by atoms with Crippen molar-refractivity contribution >= 4 is 11.5 Å². The monoisotopic (exact) mass is 285 g/mol. The van der Waals surface area contributed by atoms with E-state index >= 15 is 0 Å². The number of hydrogen-bond acceptors (Lipinski definition) is 3. The molecule has 0 saturated heterocycles. The molecular weight excluding hydrogens is 262 g/mol. The maximum absolute atomic E-state index is 11.9. The molecule has 1 aromatic heterocycles. The summed E-state index contributed by atoms with van der Waals surface area (Å²) in [4.78, 5) is 21.5. The van der Waals surface area contributed by atoms with E-state index in [0.29, 0.717) is 0 Å². The molecule has 0 aliphatic rings. The van der Waals surface area contributed by atoms with Crippen molar-refractivity contribution in [1.82, 2.24) is 9.97 Å². The molecule has 0 aliphatic heterocycles. The number of H-pyrrole nitrogens is 1. The lowest BCUT2D eigenvalue weighted by Crippen LogP contribution is -2.23. The van der Waals surface area contributed by atoms with E-state index in [4.69, 9.17) is 0 Å². The van der Waals surface area contributed by atoms with E-state index < -0.39 is 0 Å². The lowest BCUT2D eigenvalue weighted by molar-refractivity contribution is 0.743. The second-order valence-corrected chi connectivity index (χ2v) is 5.48. The van der Waals surface area contributed by atoms with E-state index in [2.05, 4.69) is 21.8 Å². The molecule has 0 amide bonds. The van der Waals surface area contributed by atoms with Crippen LogP contribution in [0.4, 0.5) is 11.5 Å². The molecule has 1 N–H and O–H groups in total. The molecule has 0 radical (unpaired) electrons. The highest BCUT2D eigenvalue weighted by atomic mass is 16.1. The van der Waals surface area contributed by atoms with Crippen LogP contribution in [0.1, 0.15) is 45.4 Å². The molecule has 0 fully saturated rings. The van der Waals surface area contributed by atoms with Crippen LogP contribution in [0.5, 0.6) is 0 Å². The maximum atomic E-state index is 11.9. The summed E-state index contributed by atoms with van der Waals surface area (Å²) in [6, 6.07) is 11.7. The summed E-state index contributed by atoms with van der Waals surface area (Å²) in [7, 11) is 0. The lowest BCUT2D eigenvalue weighted by Gasteiger charge is -2.24. The molecule has 21 heavy (non-hydrogen) atoms. The largest absolute Gasteiger partial charge is 0.326 e. The van der Waals surface area contributed by atoms with Crippen LogP contribution >= 0.6 is 0 Å². The molecular formula is C17H23N3O. The Labute approximate surface area is 125 Å². The standard InChI is InChI=1S/C17H23N3O/c1-4-5-11-20(14-9-7-6-8-10-14)15-12-16(21)19-17(18-15)13(2)3/h6-10,12-13H,4-5,11H2,1-3H3,(H,18,19,21). The quantitative estimate of drug-likeness (QED) is 0.877. The van der Waals surface area contributed by atoms with Gasteiger partial charge in [0.05, 0.1) is 0 Å². The molecule has 4 nitrogen and oxygen atoms in total. The summed E-state index contributed by atoms with van der Waals surface area (Å²) in [5.41, 5.74) is 0.972. The van der Waals surface area contributed by atoms with E-state index in [-0.39, 0.29) is 11.5 Å². The van der Waals surface area contributed by atoms with Gasteiger partial charge in [0.2, 0.25) is 0 Å². The molecule has 0 atom stereocenters. The Kier molecular flexibility index (Phi) is 5.14. The fraction of sp³-hybridized carbons (Fsp3) is 0.412.